The van der Waals surface area contributed by atoms with Crippen molar-refractivity contribution in [2.24, 2.45) is 17.3 Å². The number of carbonyl (C=O) groups is 1. The lowest BCUT2D eigenvalue weighted by molar-refractivity contribution is -0.124. The van der Waals surface area contributed by atoms with Gasteiger partial charge in [-0.05, 0) is 30.9 Å². The highest BCUT2D eigenvalue weighted by Crippen LogP contribution is 2.54. The summed E-state index contributed by atoms with van der Waals surface area (Å²) in [6.45, 7) is 4.89. The molecule has 0 spiro atoms. The fourth-order valence-corrected chi connectivity index (χ4v) is 5.27. The van der Waals surface area contributed by atoms with Crippen LogP contribution in [0.3, 0.4) is 0 Å². The van der Waals surface area contributed by atoms with E-state index in [1.54, 1.807) is 15.6 Å². The number of aromatic nitrogens is 4. The number of amides is 1. The van der Waals surface area contributed by atoms with Crippen LogP contribution in [0.4, 0.5) is 5.69 Å². The Bertz CT molecular complexity index is 1240. The molecule has 33 heavy (non-hydrogen) atoms. The summed E-state index contributed by atoms with van der Waals surface area (Å²) in [6, 6.07) is 6.25. The van der Waals surface area contributed by atoms with E-state index in [-0.39, 0.29) is 36.3 Å². The molecule has 3 aromatic heterocycles. The third-order valence-corrected chi connectivity index (χ3v) is 7.17. The Morgan fingerprint density at radius 2 is 2.15 bits per heavy atom. The summed E-state index contributed by atoms with van der Waals surface area (Å²) < 4.78 is 9.41. The zero-order chi connectivity index (χ0) is 21.9. The van der Waals surface area contributed by atoms with Crippen molar-refractivity contribution in [1.29, 1.82) is 5.26 Å². The van der Waals surface area contributed by atoms with Gasteiger partial charge in [0.05, 0.1) is 48.1 Å². The van der Waals surface area contributed by atoms with Gasteiger partial charge in [0.25, 0.3) is 0 Å². The van der Waals surface area contributed by atoms with Gasteiger partial charge in [0.2, 0.25) is 5.91 Å². The van der Waals surface area contributed by atoms with E-state index in [0.29, 0.717) is 13.2 Å². The van der Waals surface area contributed by atoms with Crippen LogP contribution >= 0.6 is 12.4 Å². The van der Waals surface area contributed by atoms with Gasteiger partial charge in [-0.25, -0.2) is 9.20 Å². The molecule has 3 fully saturated rings. The Balaban J connectivity index is 0.00000228. The van der Waals surface area contributed by atoms with E-state index in [1.165, 1.54) is 0 Å². The van der Waals surface area contributed by atoms with E-state index in [4.69, 9.17) is 4.74 Å². The maximum Gasteiger partial charge on any atom is 0.248 e. The molecule has 1 unspecified atom stereocenters. The first-order valence-corrected chi connectivity index (χ1v) is 11.2. The molecule has 3 aromatic rings. The lowest BCUT2D eigenvalue weighted by atomic mass is 9.75. The van der Waals surface area contributed by atoms with Crippen molar-refractivity contribution in [1.82, 2.24) is 24.7 Å². The van der Waals surface area contributed by atoms with Crippen LogP contribution < -0.4 is 10.2 Å². The lowest BCUT2D eigenvalue weighted by Gasteiger charge is -2.23. The molecule has 0 bridgehead atoms. The quantitative estimate of drug-likeness (QED) is 0.632. The summed E-state index contributed by atoms with van der Waals surface area (Å²) in [4.78, 5) is 15.3. The number of anilines is 1. The van der Waals surface area contributed by atoms with E-state index in [0.717, 1.165) is 48.4 Å². The number of rotatable bonds is 4. The second-order valence-electron chi connectivity index (χ2n) is 9.10. The number of carbonyl (C=O) groups excluding carboxylic acids is 1. The smallest absolute Gasteiger partial charge is 0.248 e. The van der Waals surface area contributed by atoms with Gasteiger partial charge in [0.15, 0.2) is 0 Å². The number of fused-ring (bicyclic) bond motifs is 1. The normalized spacial score (nSPS) is 27.5. The topological polar surface area (TPSA) is 100 Å². The Labute approximate surface area is 197 Å². The molecule has 1 saturated carbocycles. The number of nitriles is 1. The minimum Gasteiger partial charge on any atom is -0.371 e. The van der Waals surface area contributed by atoms with Crippen LogP contribution in [0.25, 0.3) is 11.2 Å². The van der Waals surface area contributed by atoms with Crippen molar-refractivity contribution in [3.05, 3.63) is 42.5 Å². The largest absolute Gasteiger partial charge is 0.371 e. The van der Waals surface area contributed by atoms with Gasteiger partial charge in [0.1, 0.15) is 5.41 Å². The maximum atomic E-state index is 13.5. The van der Waals surface area contributed by atoms with Crippen LogP contribution in [0.1, 0.15) is 31.4 Å². The summed E-state index contributed by atoms with van der Waals surface area (Å²) in [5, 5.41) is 22.3. The van der Waals surface area contributed by atoms with Crippen molar-refractivity contribution >= 4 is 29.5 Å². The standard InChI is InChI=1S/C23H25N7O2.ClH/c1-15-11-28(22(31)23(15,14-24)17-2-3-17)19-4-5-26-30-13-18(8-20(19)30)29-12-16(9-27-29)21-10-25-6-7-32-21;/h4-5,8-9,12-13,15,17,21,25H,2-3,6-7,10-11H2,1H3;1H/t15-,21?,23+;/m1./s1. The zero-order valence-corrected chi connectivity index (χ0v) is 19.2. The fourth-order valence-electron chi connectivity index (χ4n) is 5.27. The predicted molar refractivity (Wildman–Crippen MR) is 123 cm³/mol. The van der Waals surface area contributed by atoms with Gasteiger partial charge in [-0.15, -0.1) is 12.4 Å². The SMILES string of the molecule is C[C@@H]1CN(c2ccnn3cc(-n4cc(C5CNCCO5)cn4)cc23)C(=O)[C@]1(C#N)C1CC1.Cl. The van der Waals surface area contributed by atoms with Gasteiger partial charge in [-0.1, -0.05) is 6.92 Å². The third kappa shape index (κ3) is 3.32. The highest BCUT2D eigenvalue weighted by atomic mass is 35.5. The van der Waals surface area contributed by atoms with Crippen LogP contribution in [-0.4, -0.2) is 51.5 Å². The molecule has 0 aromatic carbocycles. The van der Waals surface area contributed by atoms with Crippen molar-refractivity contribution in [2.75, 3.05) is 31.1 Å². The minimum absolute atomic E-state index is 0. The van der Waals surface area contributed by atoms with Crippen molar-refractivity contribution in [2.45, 2.75) is 25.9 Å². The van der Waals surface area contributed by atoms with Crippen LogP contribution in [-0.2, 0) is 9.53 Å². The Morgan fingerprint density at radius 1 is 1.30 bits per heavy atom. The molecule has 172 valence electrons. The zero-order valence-electron chi connectivity index (χ0n) is 18.3. The predicted octanol–water partition coefficient (Wildman–Crippen LogP) is 2.51. The molecule has 1 N–H and O–H groups in total. The number of hydrogen-bond acceptors (Lipinski definition) is 6. The summed E-state index contributed by atoms with van der Waals surface area (Å²) >= 11 is 0. The van der Waals surface area contributed by atoms with Gasteiger partial charge in [0, 0.05) is 43.5 Å². The molecule has 2 aliphatic heterocycles. The third-order valence-electron chi connectivity index (χ3n) is 7.17. The van der Waals surface area contributed by atoms with E-state index in [2.05, 4.69) is 21.6 Å². The molecule has 3 atom stereocenters. The first-order valence-electron chi connectivity index (χ1n) is 11.2. The number of ether oxygens (including phenoxy) is 1. The molecule has 0 radical (unpaired) electrons. The van der Waals surface area contributed by atoms with Gasteiger partial charge in [-0.3, -0.25) is 4.79 Å². The summed E-state index contributed by atoms with van der Waals surface area (Å²) in [5.41, 5.74) is 2.58. The molecule has 3 aliphatic rings. The molecule has 5 heterocycles. The van der Waals surface area contributed by atoms with Crippen LogP contribution in [0, 0.1) is 28.6 Å². The Hall–Kier alpha value is -2.93. The molecular formula is C23H26ClN7O2. The summed E-state index contributed by atoms with van der Waals surface area (Å²) in [7, 11) is 0. The number of nitrogens with one attached hydrogen (secondary N) is 1. The second kappa shape index (κ2) is 8.13. The second-order valence-corrected chi connectivity index (χ2v) is 9.10. The minimum atomic E-state index is -0.902. The summed E-state index contributed by atoms with van der Waals surface area (Å²) in [6.07, 6.45) is 9.32. The molecule has 1 amide bonds. The number of halogens is 1. The molecule has 1 aliphatic carbocycles. The molecule has 9 nitrogen and oxygen atoms in total. The van der Waals surface area contributed by atoms with Crippen LogP contribution in [0.15, 0.2) is 36.9 Å². The van der Waals surface area contributed by atoms with Gasteiger partial charge in [-0.2, -0.15) is 15.5 Å². The van der Waals surface area contributed by atoms with Crippen molar-refractivity contribution < 1.29 is 9.53 Å². The first-order chi connectivity index (χ1) is 15.6. The van der Waals surface area contributed by atoms with Gasteiger partial charge >= 0.3 is 0 Å². The van der Waals surface area contributed by atoms with Crippen LogP contribution in [0.2, 0.25) is 0 Å². The van der Waals surface area contributed by atoms with Crippen LogP contribution in [0.5, 0.6) is 0 Å². The average Bonchev–Trinajstić information content (AvgIpc) is 3.29. The Kier molecular flexibility index (Phi) is 5.40. The molecule has 6 rings (SSSR count). The number of nitrogens with zero attached hydrogens (tertiary/aromatic N) is 6. The van der Waals surface area contributed by atoms with E-state index in [1.807, 2.05) is 42.3 Å². The monoisotopic (exact) mass is 467 g/mol. The number of hydrogen-bond donors (Lipinski definition) is 1. The molecule has 10 heteroatoms. The van der Waals surface area contributed by atoms with E-state index < -0.39 is 5.41 Å². The fraction of sp³-hybridized carbons (Fsp3) is 0.478. The maximum absolute atomic E-state index is 13.5. The highest BCUT2D eigenvalue weighted by molar-refractivity contribution is 6.05. The van der Waals surface area contributed by atoms with Crippen molar-refractivity contribution in [3.63, 3.8) is 0 Å². The molecule has 2 saturated heterocycles. The first kappa shape index (κ1) is 21.9. The summed E-state index contributed by atoms with van der Waals surface area (Å²) in [5.74, 6) is 0.0984. The lowest BCUT2D eigenvalue weighted by Crippen LogP contribution is -2.37. The van der Waals surface area contributed by atoms with Crippen molar-refractivity contribution in [3.8, 4) is 11.8 Å². The van der Waals surface area contributed by atoms with E-state index >= 15 is 0 Å². The van der Waals surface area contributed by atoms with E-state index in [9.17, 15) is 10.1 Å². The highest BCUT2D eigenvalue weighted by Gasteiger charge is 2.61. The Morgan fingerprint density at radius 3 is 2.88 bits per heavy atom. The number of morpholine rings is 1. The molecular weight excluding hydrogens is 442 g/mol. The average molecular weight is 468 g/mol. The van der Waals surface area contributed by atoms with Gasteiger partial charge < -0.3 is 15.0 Å².